The zero-order valence-electron chi connectivity index (χ0n) is 14.0. The van der Waals surface area contributed by atoms with Crippen molar-refractivity contribution < 1.29 is 0 Å². The lowest BCUT2D eigenvalue weighted by molar-refractivity contribution is 0.779. The van der Waals surface area contributed by atoms with Gasteiger partial charge in [0, 0.05) is 17.7 Å². The molecule has 0 saturated carbocycles. The molecule has 0 amide bonds. The number of para-hydroxylation sites is 1. The Labute approximate surface area is 157 Å². The summed E-state index contributed by atoms with van der Waals surface area (Å²) in [5, 5.41) is 9.77. The van der Waals surface area contributed by atoms with E-state index < -0.39 is 0 Å². The molecule has 0 saturated heterocycles. The molecule has 0 unspecified atom stereocenters. The molecular formula is C20H19Cl2N3. The summed E-state index contributed by atoms with van der Waals surface area (Å²) in [4.78, 5) is 0. The number of aromatic nitrogens is 2. The fourth-order valence-corrected chi connectivity index (χ4v) is 3.98. The van der Waals surface area contributed by atoms with Crippen molar-refractivity contribution in [1.29, 1.82) is 0 Å². The lowest BCUT2D eigenvalue weighted by Gasteiger charge is -2.11. The summed E-state index contributed by atoms with van der Waals surface area (Å²) < 4.78 is 2.00. The summed E-state index contributed by atoms with van der Waals surface area (Å²) in [6.07, 6.45) is 3.22. The van der Waals surface area contributed by atoms with E-state index in [4.69, 9.17) is 28.3 Å². The molecule has 0 radical (unpaired) electrons. The maximum Gasteiger partial charge on any atom is 0.133 e. The molecule has 2 aromatic carbocycles. The average molecular weight is 372 g/mol. The second-order valence-electron chi connectivity index (χ2n) is 6.35. The van der Waals surface area contributed by atoms with Crippen LogP contribution in [0.25, 0.3) is 16.9 Å². The van der Waals surface area contributed by atoms with Gasteiger partial charge < -0.3 is 5.32 Å². The fourth-order valence-electron chi connectivity index (χ4n) is 3.40. The molecule has 0 bridgehead atoms. The van der Waals surface area contributed by atoms with Crippen molar-refractivity contribution in [3.05, 3.63) is 63.6 Å². The molecule has 1 aliphatic heterocycles. The quantitative estimate of drug-likeness (QED) is 0.607. The molecule has 0 fully saturated rings. The van der Waals surface area contributed by atoms with Gasteiger partial charge in [-0.05, 0) is 49.9 Å². The van der Waals surface area contributed by atoms with Crippen LogP contribution in [0.2, 0.25) is 10.0 Å². The van der Waals surface area contributed by atoms with E-state index in [9.17, 15) is 0 Å². The second kappa shape index (κ2) is 6.74. The SMILES string of the molecule is Cc1ccccc1-n1nc(-c2c(Cl)cccc2Cl)c2c1NCCCC2. The lowest BCUT2D eigenvalue weighted by atomic mass is 10.0. The predicted octanol–water partition coefficient (Wildman–Crippen LogP) is 5.90. The van der Waals surface area contributed by atoms with E-state index in [2.05, 4.69) is 24.4 Å². The van der Waals surface area contributed by atoms with Gasteiger partial charge in [0.2, 0.25) is 0 Å². The zero-order valence-corrected chi connectivity index (χ0v) is 15.5. The minimum absolute atomic E-state index is 0.633. The van der Waals surface area contributed by atoms with E-state index in [1.807, 2.05) is 35.0 Å². The number of hydrogen-bond acceptors (Lipinski definition) is 2. The van der Waals surface area contributed by atoms with Gasteiger partial charge in [-0.25, -0.2) is 4.68 Å². The maximum atomic E-state index is 6.48. The highest BCUT2D eigenvalue weighted by atomic mass is 35.5. The Kier molecular flexibility index (Phi) is 4.45. The molecule has 128 valence electrons. The van der Waals surface area contributed by atoms with E-state index in [1.165, 1.54) is 11.1 Å². The number of hydrogen-bond donors (Lipinski definition) is 1. The monoisotopic (exact) mass is 371 g/mol. The number of aryl methyl sites for hydroxylation is 1. The van der Waals surface area contributed by atoms with Crippen molar-refractivity contribution in [3.63, 3.8) is 0 Å². The van der Waals surface area contributed by atoms with Crippen LogP contribution >= 0.6 is 23.2 Å². The van der Waals surface area contributed by atoms with Gasteiger partial charge in [0.25, 0.3) is 0 Å². The second-order valence-corrected chi connectivity index (χ2v) is 7.17. The smallest absolute Gasteiger partial charge is 0.133 e. The van der Waals surface area contributed by atoms with Crippen molar-refractivity contribution in [1.82, 2.24) is 9.78 Å². The van der Waals surface area contributed by atoms with Crippen molar-refractivity contribution in [2.24, 2.45) is 0 Å². The predicted molar refractivity (Wildman–Crippen MR) is 105 cm³/mol. The van der Waals surface area contributed by atoms with Crippen LogP contribution in [0, 0.1) is 6.92 Å². The Bertz CT molecular complexity index is 910. The van der Waals surface area contributed by atoms with Gasteiger partial charge >= 0.3 is 0 Å². The highest BCUT2D eigenvalue weighted by molar-refractivity contribution is 6.39. The third-order valence-corrected chi connectivity index (χ3v) is 5.30. The third-order valence-electron chi connectivity index (χ3n) is 4.67. The minimum Gasteiger partial charge on any atom is -0.370 e. The summed E-state index contributed by atoms with van der Waals surface area (Å²) in [7, 11) is 0. The third kappa shape index (κ3) is 2.92. The first kappa shape index (κ1) is 16.5. The molecule has 0 atom stereocenters. The highest BCUT2D eigenvalue weighted by Gasteiger charge is 2.24. The Morgan fingerprint density at radius 3 is 2.52 bits per heavy atom. The van der Waals surface area contributed by atoms with Crippen LogP contribution in [0.3, 0.4) is 0 Å². The fraction of sp³-hybridized carbons (Fsp3) is 0.250. The lowest BCUT2D eigenvalue weighted by Crippen LogP contribution is -2.08. The van der Waals surface area contributed by atoms with Crippen LogP contribution in [-0.4, -0.2) is 16.3 Å². The molecule has 1 aliphatic rings. The molecule has 3 nitrogen and oxygen atoms in total. The van der Waals surface area contributed by atoms with Gasteiger partial charge in [-0.3, -0.25) is 0 Å². The van der Waals surface area contributed by atoms with Crippen LogP contribution in [0.4, 0.5) is 5.82 Å². The topological polar surface area (TPSA) is 29.9 Å². The zero-order chi connectivity index (χ0) is 17.4. The van der Waals surface area contributed by atoms with Crippen LogP contribution < -0.4 is 5.32 Å². The number of nitrogens with zero attached hydrogens (tertiary/aromatic N) is 2. The van der Waals surface area contributed by atoms with E-state index >= 15 is 0 Å². The van der Waals surface area contributed by atoms with Crippen LogP contribution in [0.15, 0.2) is 42.5 Å². The molecule has 0 aliphatic carbocycles. The molecule has 1 N–H and O–H groups in total. The van der Waals surface area contributed by atoms with Gasteiger partial charge in [-0.15, -0.1) is 0 Å². The normalized spacial score (nSPS) is 13.9. The van der Waals surface area contributed by atoms with Crippen molar-refractivity contribution in [3.8, 4) is 16.9 Å². The Hall–Kier alpha value is -1.97. The number of halogens is 2. The average Bonchev–Trinajstić information content (AvgIpc) is 2.78. The largest absolute Gasteiger partial charge is 0.370 e. The van der Waals surface area contributed by atoms with Crippen molar-refractivity contribution >= 4 is 29.0 Å². The first-order chi connectivity index (χ1) is 12.2. The van der Waals surface area contributed by atoms with Crippen molar-refractivity contribution in [2.75, 3.05) is 11.9 Å². The highest BCUT2D eigenvalue weighted by Crippen LogP contribution is 2.40. The first-order valence-electron chi connectivity index (χ1n) is 8.53. The summed E-state index contributed by atoms with van der Waals surface area (Å²) in [5.41, 5.74) is 5.13. The van der Waals surface area contributed by atoms with Crippen LogP contribution in [0.1, 0.15) is 24.0 Å². The van der Waals surface area contributed by atoms with Crippen LogP contribution in [0.5, 0.6) is 0 Å². The summed E-state index contributed by atoms with van der Waals surface area (Å²) in [6, 6.07) is 13.9. The summed E-state index contributed by atoms with van der Waals surface area (Å²) >= 11 is 13.0. The number of nitrogens with one attached hydrogen (secondary N) is 1. The molecule has 5 heteroatoms. The molecule has 3 aromatic rings. The summed E-state index contributed by atoms with van der Waals surface area (Å²) in [5.74, 6) is 1.05. The number of benzene rings is 2. The van der Waals surface area contributed by atoms with E-state index in [0.717, 1.165) is 48.6 Å². The van der Waals surface area contributed by atoms with Crippen molar-refractivity contribution in [2.45, 2.75) is 26.2 Å². The standard InChI is InChI=1S/C20H19Cl2N3/c1-13-7-2-3-11-17(13)25-20-14(8-4-5-12-23-20)19(24-25)18-15(21)9-6-10-16(18)22/h2-3,6-7,9-11,23H,4-5,8,12H2,1H3. The van der Waals surface area contributed by atoms with Gasteiger partial charge in [-0.1, -0.05) is 47.5 Å². The molecule has 1 aromatic heterocycles. The number of rotatable bonds is 2. The van der Waals surface area contributed by atoms with Crippen LogP contribution in [-0.2, 0) is 6.42 Å². The van der Waals surface area contributed by atoms with E-state index in [1.54, 1.807) is 0 Å². The van der Waals surface area contributed by atoms with Gasteiger partial charge in [0.15, 0.2) is 0 Å². The Morgan fingerprint density at radius 1 is 1.00 bits per heavy atom. The molecule has 25 heavy (non-hydrogen) atoms. The minimum atomic E-state index is 0.633. The number of anilines is 1. The molecule has 0 spiro atoms. The van der Waals surface area contributed by atoms with E-state index in [-0.39, 0.29) is 0 Å². The van der Waals surface area contributed by atoms with Gasteiger partial charge in [0.1, 0.15) is 11.5 Å². The van der Waals surface area contributed by atoms with Gasteiger partial charge in [-0.2, -0.15) is 5.10 Å². The van der Waals surface area contributed by atoms with E-state index in [0.29, 0.717) is 10.0 Å². The first-order valence-corrected chi connectivity index (χ1v) is 9.28. The Morgan fingerprint density at radius 2 is 1.76 bits per heavy atom. The molecule has 4 rings (SSSR count). The summed E-state index contributed by atoms with van der Waals surface area (Å²) in [6.45, 7) is 3.04. The molecule has 2 heterocycles. The maximum absolute atomic E-state index is 6.48. The number of fused-ring (bicyclic) bond motifs is 1. The Balaban J connectivity index is 1.99. The molecular weight excluding hydrogens is 353 g/mol. The van der Waals surface area contributed by atoms with Gasteiger partial charge in [0.05, 0.1) is 15.7 Å².